The SMILES string of the molecule is CC.CNc1ccc(CN(C)N)nc1. The van der Waals surface area contributed by atoms with Crippen LogP contribution in [0.4, 0.5) is 5.69 Å². The number of nitrogens with one attached hydrogen (secondary N) is 1. The minimum absolute atomic E-state index is 0.671. The highest BCUT2D eigenvalue weighted by Gasteiger charge is 1.95. The van der Waals surface area contributed by atoms with Gasteiger partial charge >= 0.3 is 0 Å². The van der Waals surface area contributed by atoms with Crippen molar-refractivity contribution in [3.63, 3.8) is 0 Å². The smallest absolute Gasteiger partial charge is 0.0559 e. The molecule has 1 heterocycles. The number of nitrogens with two attached hydrogens (primary N) is 1. The first-order valence-corrected chi connectivity index (χ1v) is 4.81. The molecule has 0 spiro atoms. The van der Waals surface area contributed by atoms with E-state index in [9.17, 15) is 0 Å². The van der Waals surface area contributed by atoms with Crippen molar-refractivity contribution in [3.05, 3.63) is 24.0 Å². The molecule has 0 amide bonds. The molecule has 3 N–H and O–H groups in total. The Kier molecular flexibility index (Phi) is 6.70. The summed E-state index contributed by atoms with van der Waals surface area (Å²) in [5, 5.41) is 4.60. The summed E-state index contributed by atoms with van der Waals surface area (Å²) in [5.41, 5.74) is 1.98. The third-order valence-corrected chi connectivity index (χ3v) is 1.52. The number of rotatable bonds is 3. The maximum Gasteiger partial charge on any atom is 0.0559 e. The lowest BCUT2D eigenvalue weighted by atomic mass is 10.3. The highest BCUT2D eigenvalue weighted by atomic mass is 15.4. The molecule has 0 bridgehead atoms. The quantitative estimate of drug-likeness (QED) is 0.567. The van der Waals surface area contributed by atoms with Gasteiger partial charge in [-0.15, -0.1) is 0 Å². The molecule has 1 aromatic rings. The van der Waals surface area contributed by atoms with Crippen molar-refractivity contribution < 1.29 is 0 Å². The van der Waals surface area contributed by atoms with Gasteiger partial charge in [-0.1, -0.05) is 13.8 Å². The molecular weight excluding hydrogens is 176 g/mol. The van der Waals surface area contributed by atoms with Gasteiger partial charge in [0.2, 0.25) is 0 Å². The zero-order valence-electron chi connectivity index (χ0n) is 9.41. The van der Waals surface area contributed by atoms with Gasteiger partial charge in [-0.05, 0) is 12.1 Å². The van der Waals surface area contributed by atoms with E-state index in [0.717, 1.165) is 11.4 Å². The molecule has 0 unspecified atom stereocenters. The molecule has 0 aromatic carbocycles. The van der Waals surface area contributed by atoms with Crippen molar-refractivity contribution in [3.8, 4) is 0 Å². The molecule has 0 aliphatic carbocycles. The molecule has 80 valence electrons. The molecule has 4 heteroatoms. The van der Waals surface area contributed by atoms with Crippen LogP contribution in [0.15, 0.2) is 18.3 Å². The van der Waals surface area contributed by atoms with Gasteiger partial charge in [0.15, 0.2) is 0 Å². The van der Waals surface area contributed by atoms with Crippen LogP contribution in [0.25, 0.3) is 0 Å². The molecule has 0 saturated carbocycles. The van der Waals surface area contributed by atoms with Crippen LogP contribution < -0.4 is 11.2 Å². The van der Waals surface area contributed by atoms with Gasteiger partial charge in [-0.3, -0.25) is 10.8 Å². The molecule has 0 aliphatic rings. The molecule has 0 radical (unpaired) electrons. The summed E-state index contributed by atoms with van der Waals surface area (Å²) in [4.78, 5) is 4.21. The highest BCUT2D eigenvalue weighted by molar-refractivity contribution is 5.39. The lowest BCUT2D eigenvalue weighted by Crippen LogP contribution is -2.25. The van der Waals surface area contributed by atoms with Gasteiger partial charge in [0.25, 0.3) is 0 Å². The number of pyridine rings is 1. The van der Waals surface area contributed by atoms with Gasteiger partial charge in [-0.2, -0.15) is 0 Å². The predicted molar refractivity (Wildman–Crippen MR) is 60.8 cm³/mol. The number of hydrazine groups is 1. The van der Waals surface area contributed by atoms with E-state index in [0.29, 0.717) is 6.54 Å². The van der Waals surface area contributed by atoms with E-state index in [1.54, 1.807) is 11.2 Å². The summed E-state index contributed by atoms with van der Waals surface area (Å²) in [5.74, 6) is 5.47. The van der Waals surface area contributed by atoms with Crippen molar-refractivity contribution in [1.29, 1.82) is 0 Å². The average Bonchev–Trinajstić information content (AvgIpc) is 2.21. The molecule has 0 fully saturated rings. The Morgan fingerprint density at radius 3 is 2.43 bits per heavy atom. The second-order valence-corrected chi connectivity index (χ2v) is 2.70. The van der Waals surface area contributed by atoms with Crippen LogP contribution in [0.3, 0.4) is 0 Å². The first-order chi connectivity index (χ1) is 6.72. The number of hydrogen-bond donors (Lipinski definition) is 2. The molecule has 0 aliphatic heterocycles. The molecule has 4 nitrogen and oxygen atoms in total. The first-order valence-electron chi connectivity index (χ1n) is 4.81. The Hall–Kier alpha value is -1.13. The van der Waals surface area contributed by atoms with Crippen LogP contribution in [0.1, 0.15) is 19.5 Å². The molecule has 0 atom stereocenters. The molecule has 1 rings (SSSR count). The van der Waals surface area contributed by atoms with Gasteiger partial charge in [0.1, 0.15) is 0 Å². The van der Waals surface area contributed by atoms with E-state index < -0.39 is 0 Å². The van der Waals surface area contributed by atoms with Crippen molar-refractivity contribution in [2.75, 3.05) is 19.4 Å². The monoisotopic (exact) mass is 196 g/mol. The van der Waals surface area contributed by atoms with Crippen LogP contribution in [0.5, 0.6) is 0 Å². The molecule has 0 saturated heterocycles. The van der Waals surface area contributed by atoms with Crippen LogP contribution in [0, 0.1) is 0 Å². The number of hydrogen-bond acceptors (Lipinski definition) is 4. The van der Waals surface area contributed by atoms with E-state index in [4.69, 9.17) is 5.84 Å². The Labute approximate surface area is 86.1 Å². The van der Waals surface area contributed by atoms with Crippen LogP contribution >= 0.6 is 0 Å². The Balaban J connectivity index is 0.000000791. The van der Waals surface area contributed by atoms with Crippen LogP contribution in [-0.4, -0.2) is 24.1 Å². The lowest BCUT2D eigenvalue weighted by Gasteiger charge is -2.08. The third kappa shape index (κ3) is 4.79. The fourth-order valence-corrected chi connectivity index (χ4v) is 0.921. The molecule has 14 heavy (non-hydrogen) atoms. The van der Waals surface area contributed by atoms with Gasteiger partial charge in [0, 0.05) is 14.1 Å². The average molecular weight is 196 g/mol. The summed E-state index contributed by atoms with van der Waals surface area (Å²) in [6, 6.07) is 3.93. The van der Waals surface area contributed by atoms with E-state index in [1.807, 2.05) is 40.1 Å². The number of anilines is 1. The van der Waals surface area contributed by atoms with Crippen molar-refractivity contribution in [1.82, 2.24) is 9.99 Å². The summed E-state index contributed by atoms with van der Waals surface area (Å²) >= 11 is 0. The van der Waals surface area contributed by atoms with Gasteiger partial charge in [-0.25, -0.2) is 5.01 Å². The van der Waals surface area contributed by atoms with E-state index >= 15 is 0 Å². The maximum absolute atomic E-state index is 5.47. The minimum Gasteiger partial charge on any atom is -0.387 e. The van der Waals surface area contributed by atoms with E-state index in [1.165, 1.54) is 0 Å². The highest BCUT2D eigenvalue weighted by Crippen LogP contribution is 2.04. The Morgan fingerprint density at radius 1 is 1.43 bits per heavy atom. The predicted octanol–water partition coefficient (Wildman–Crippen LogP) is 1.45. The summed E-state index contributed by atoms with van der Waals surface area (Å²) in [7, 11) is 3.68. The topological polar surface area (TPSA) is 54.2 Å². The second-order valence-electron chi connectivity index (χ2n) is 2.70. The van der Waals surface area contributed by atoms with Crippen LogP contribution in [-0.2, 0) is 6.54 Å². The van der Waals surface area contributed by atoms with Gasteiger partial charge in [0.05, 0.1) is 24.1 Å². The lowest BCUT2D eigenvalue weighted by molar-refractivity contribution is 0.337. The van der Waals surface area contributed by atoms with Gasteiger partial charge < -0.3 is 5.32 Å². The first kappa shape index (κ1) is 12.9. The summed E-state index contributed by atoms with van der Waals surface area (Å²) < 4.78 is 0. The van der Waals surface area contributed by atoms with Crippen LogP contribution in [0.2, 0.25) is 0 Å². The van der Waals surface area contributed by atoms with Crippen molar-refractivity contribution in [2.24, 2.45) is 5.84 Å². The minimum atomic E-state index is 0.671. The zero-order valence-corrected chi connectivity index (χ0v) is 9.41. The fourth-order valence-electron chi connectivity index (χ4n) is 0.921. The summed E-state index contributed by atoms with van der Waals surface area (Å²) in [6.45, 7) is 4.67. The Bertz CT molecular complexity index is 230. The summed E-state index contributed by atoms with van der Waals surface area (Å²) in [6.07, 6.45) is 1.79. The molecular formula is C10H20N4. The van der Waals surface area contributed by atoms with Crippen molar-refractivity contribution in [2.45, 2.75) is 20.4 Å². The van der Waals surface area contributed by atoms with E-state index in [-0.39, 0.29) is 0 Å². The third-order valence-electron chi connectivity index (χ3n) is 1.52. The number of aromatic nitrogens is 1. The Morgan fingerprint density at radius 2 is 2.07 bits per heavy atom. The maximum atomic E-state index is 5.47. The van der Waals surface area contributed by atoms with Crippen molar-refractivity contribution >= 4 is 5.69 Å². The zero-order chi connectivity index (χ0) is 11.0. The fraction of sp³-hybridized carbons (Fsp3) is 0.500. The molecule has 1 aromatic heterocycles. The number of nitrogens with zero attached hydrogens (tertiary/aromatic N) is 2. The largest absolute Gasteiger partial charge is 0.387 e. The standard InChI is InChI=1S/C8H14N4.C2H6/c1-10-7-3-4-8(11-5-7)6-12(2)9;1-2/h3-5,10H,6,9H2,1-2H3;1-2H3. The van der Waals surface area contributed by atoms with E-state index in [2.05, 4.69) is 10.3 Å². The normalized spacial score (nSPS) is 9.29. The second kappa shape index (κ2) is 7.29.